The third kappa shape index (κ3) is 3.27. The molecule has 0 saturated heterocycles. The van der Waals surface area contributed by atoms with Gasteiger partial charge < -0.3 is 10.1 Å². The van der Waals surface area contributed by atoms with Crippen LogP contribution in [0.1, 0.15) is 36.1 Å². The van der Waals surface area contributed by atoms with Gasteiger partial charge in [-0.2, -0.15) is 0 Å². The van der Waals surface area contributed by atoms with Crippen LogP contribution in [0.15, 0.2) is 41.1 Å². The van der Waals surface area contributed by atoms with Crippen LogP contribution in [0.2, 0.25) is 0 Å². The lowest BCUT2D eigenvalue weighted by molar-refractivity contribution is 0.357. The van der Waals surface area contributed by atoms with Crippen molar-refractivity contribution in [2.75, 3.05) is 13.2 Å². The first-order valence-electron chi connectivity index (χ1n) is 7.37. The molecule has 2 heterocycles. The number of fused-ring (bicyclic) bond motifs is 1. The summed E-state index contributed by atoms with van der Waals surface area (Å²) in [5.74, 6) is 1.03. The SMILES string of the molecule is CCCNC(c1cncc(Br)c1)c1ccc2c(c1)CCO2. The number of aromatic nitrogens is 1. The van der Waals surface area contributed by atoms with E-state index < -0.39 is 0 Å². The highest BCUT2D eigenvalue weighted by atomic mass is 79.9. The molecule has 0 radical (unpaired) electrons. The molecule has 3 nitrogen and oxygen atoms in total. The van der Waals surface area contributed by atoms with Gasteiger partial charge in [-0.1, -0.05) is 19.1 Å². The zero-order chi connectivity index (χ0) is 14.7. The van der Waals surface area contributed by atoms with Gasteiger partial charge in [0.2, 0.25) is 0 Å². The Morgan fingerprint density at radius 1 is 1.29 bits per heavy atom. The Bertz CT molecular complexity index is 630. The van der Waals surface area contributed by atoms with Gasteiger partial charge in [0.1, 0.15) is 5.75 Å². The van der Waals surface area contributed by atoms with Crippen molar-refractivity contribution in [1.29, 1.82) is 0 Å². The van der Waals surface area contributed by atoms with Crippen molar-refractivity contribution in [3.05, 3.63) is 57.8 Å². The Balaban J connectivity index is 1.95. The smallest absolute Gasteiger partial charge is 0.122 e. The van der Waals surface area contributed by atoms with Crippen molar-refractivity contribution in [3.63, 3.8) is 0 Å². The van der Waals surface area contributed by atoms with Crippen LogP contribution in [-0.2, 0) is 6.42 Å². The van der Waals surface area contributed by atoms with E-state index in [2.05, 4.69) is 57.4 Å². The van der Waals surface area contributed by atoms with Gasteiger partial charge in [0.25, 0.3) is 0 Å². The number of hydrogen-bond donors (Lipinski definition) is 1. The van der Waals surface area contributed by atoms with Crippen molar-refractivity contribution >= 4 is 15.9 Å². The number of ether oxygens (including phenoxy) is 1. The number of pyridine rings is 1. The summed E-state index contributed by atoms with van der Waals surface area (Å²) in [7, 11) is 0. The fourth-order valence-corrected chi connectivity index (χ4v) is 3.07. The monoisotopic (exact) mass is 346 g/mol. The molecule has 0 bridgehead atoms. The number of benzene rings is 1. The van der Waals surface area contributed by atoms with Crippen LogP contribution in [0.25, 0.3) is 0 Å². The first-order valence-corrected chi connectivity index (χ1v) is 8.16. The molecule has 1 atom stereocenters. The number of hydrogen-bond acceptors (Lipinski definition) is 3. The average molecular weight is 347 g/mol. The lowest BCUT2D eigenvalue weighted by Crippen LogP contribution is -2.23. The molecule has 0 fully saturated rings. The second-order valence-electron chi connectivity index (χ2n) is 5.29. The van der Waals surface area contributed by atoms with Crippen molar-refractivity contribution in [2.24, 2.45) is 0 Å². The molecule has 1 aromatic carbocycles. The van der Waals surface area contributed by atoms with Gasteiger partial charge in [-0.05, 0) is 57.7 Å². The van der Waals surface area contributed by atoms with Gasteiger partial charge in [0.15, 0.2) is 0 Å². The maximum atomic E-state index is 5.60. The van der Waals surface area contributed by atoms with E-state index in [-0.39, 0.29) is 6.04 Å². The summed E-state index contributed by atoms with van der Waals surface area (Å²) >= 11 is 3.51. The van der Waals surface area contributed by atoms with Gasteiger partial charge in [-0.3, -0.25) is 4.98 Å². The highest BCUT2D eigenvalue weighted by Crippen LogP contribution is 2.31. The Morgan fingerprint density at radius 3 is 3.00 bits per heavy atom. The molecule has 0 saturated carbocycles. The Kier molecular flexibility index (Phi) is 4.56. The summed E-state index contributed by atoms with van der Waals surface area (Å²) in [6.45, 7) is 3.95. The summed E-state index contributed by atoms with van der Waals surface area (Å²) in [5.41, 5.74) is 3.75. The fraction of sp³-hybridized carbons (Fsp3) is 0.353. The predicted octanol–water partition coefficient (Wildman–Crippen LogP) is 3.87. The molecular weight excluding hydrogens is 328 g/mol. The number of nitrogens with zero attached hydrogens (tertiary/aromatic N) is 1. The molecule has 3 rings (SSSR count). The Labute approximate surface area is 133 Å². The van der Waals surface area contributed by atoms with Crippen LogP contribution < -0.4 is 10.1 Å². The van der Waals surface area contributed by atoms with E-state index in [1.807, 2.05) is 12.4 Å². The molecule has 0 aliphatic carbocycles. The number of nitrogens with one attached hydrogen (secondary N) is 1. The van der Waals surface area contributed by atoms with Crippen LogP contribution in [0.4, 0.5) is 0 Å². The lowest BCUT2D eigenvalue weighted by Gasteiger charge is -2.20. The summed E-state index contributed by atoms with van der Waals surface area (Å²) in [4.78, 5) is 4.30. The predicted molar refractivity (Wildman–Crippen MR) is 87.7 cm³/mol. The van der Waals surface area contributed by atoms with Gasteiger partial charge in [-0.25, -0.2) is 0 Å². The van der Waals surface area contributed by atoms with Crippen LogP contribution in [0, 0.1) is 0 Å². The number of rotatable bonds is 5. The first kappa shape index (κ1) is 14.5. The number of halogens is 1. The molecule has 2 aromatic rings. The Hall–Kier alpha value is -1.39. The standard InChI is InChI=1S/C17H19BrN2O/c1-2-6-20-17(14-9-15(18)11-19-10-14)13-3-4-16-12(8-13)5-7-21-16/h3-4,8-11,17,20H,2,5-7H2,1H3. The van der Waals surface area contributed by atoms with Crippen LogP contribution in [0.3, 0.4) is 0 Å². The van der Waals surface area contributed by atoms with Crippen LogP contribution in [0.5, 0.6) is 5.75 Å². The quantitative estimate of drug-likeness (QED) is 0.892. The fourth-order valence-electron chi connectivity index (χ4n) is 2.69. The van der Waals surface area contributed by atoms with Crippen molar-refractivity contribution in [1.82, 2.24) is 10.3 Å². The van der Waals surface area contributed by atoms with E-state index >= 15 is 0 Å². The van der Waals surface area contributed by atoms with Crippen molar-refractivity contribution in [3.8, 4) is 5.75 Å². The summed E-state index contributed by atoms with van der Waals surface area (Å²) in [6.07, 6.45) is 5.85. The van der Waals surface area contributed by atoms with E-state index in [4.69, 9.17) is 4.74 Å². The van der Waals surface area contributed by atoms with Gasteiger partial charge in [0, 0.05) is 23.3 Å². The average Bonchev–Trinajstić information content (AvgIpc) is 2.95. The zero-order valence-electron chi connectivity index (χ0n) is 12.1. The third-order valence-corrected chi connectivity index (χ3v) is 4.14. The molecule has 1 aliphatic heterocycles. The third-order valence-electron chi connectivity index (χ3n) is 3.70. The van der Waals surface area contributed by atoms with Crippen molar-refractivity contribution in [2.45, 2.75) is 25.8 Å². The molecule has 4 heteroatoms. The lowest BCUT2D eigenvalue weighted by atomic mass is 9.97. The minimum Gasteiger partial charge on any atom is -0.493 e. The van der Waals surface area contributed by atoms with Gasteiger partial charge in [-0.15, -0.1) is 0 Å². The highest BCUT2D eigenvalue weighted by Gasteiger charge is 2.18. The molecular formula is C17H19BrN2O. The molecule has 21 heavy (non-hydrogen) atoms. The van der Waals surface area contributed by atoms with Gasteiger partial charge in [0.05, 0.1) is 12.6 Å². The van der Waals surface area contributed by atoms with Crippen molar-refractivity contribution < 1.29 is 4.74 Å². The summed E-state index contributed by atoms with van der Waals surface area (Å²) in [6, 6.07) is 8.80. The van der Waals surface area contributed by atoms with Crippen LogP contribution >= 0.6 is 15.9 Å². The molecule has 1 aliphatic rings. The molecule has 1 N–H and O–H groups in total. The molecule has 1 aromatic heterocycles. The topological polar surface area (TPSA) is 34.2 Å². The minimum absolute atomic E-state index is 0.167. The maximum absolute atomic E-state index is 5.60. The second-order valence-corrected chi connectivity index (χ2v) is 6.20. The van der Waals surface area contributed by atoms with E-state index in [9.17, 15) is 0 Å². The van der Waals surface area contributed by atoms with Gasteiger partial charge >= 0.3 is 0 Å². The first-order chi connectivity index (χ1) is 10.3. The molecule has 0 amide bonds. The largest absolute Gasteiger partial charge is 0.493 e. The molecule has 0 spiro atoms. The van der Waals surface area contributed by atoms with Crippen LogP contribution in [-0.4, -0.2) is 18.1 Å². The summed E-state index contributed by atoms with van der Waals surface area (Å²) < 4.78 is 6.61. The summed E-state index contributed by atoms with van der Waals surface area (Å²) in [5, 5.41) is 3.62. The zero-order valence-corrected chi connectivity index (χ0v) is 13.7. The highest BCUT2D eigenvalue weighted by molar-refractivity contribution is 9.10. The molecule has 1 unspecified atom stereocenters. The normalized spacial score (nSPS) is 14.6. The maximum Gasteiger partial charge on any atom is 0.122 e. The van der Waals surface area contributed by atoms with E-state index in [1.54, 1.807) is 0 Å². The van der Waals surface area contributed by atoms with E-state index in [0.29, 0.717) is 0 Å². The molecule has 110 valence electrons. The Morgan fingerprint density at radius 2 is 2.19 bits per heavy atom. The minimum atomic E-state index is 0.167. The van der Waals surface area contributed by atoms with E-state index in [0.717, 1.165) is 36.2 Å². The second kappa shape index (κ2) is 6.58. The van der Waals surface area contributed by atoms with E-state index in [1.165, 1.54) is 16.7 Å².